The number of rotatable bonds is 5. The zero-order chi connectivity index (χ0) is 16.9. The molecule has 5 heteroatoms. The quantitative estimate of drug-likeness (QED) is 0.828. The minimum absolute atomic E-state index is 0.0842. The van der Waals surface area contributed by atoms with Gasteiger partial charge in [0, 0.05) is 18.3 Å². The number of carbonyl (C=O) groups excluding carboxylic acids is 1. The molecule has 120 valence electrons. The molecule has 0 aliphatic rings. The topological polar surface area (TPSA) is 66.9 Å². The van der Waals surface area contributed by atoms with E-state index >= 15 is 0 Å². The van der Waals surface area contributed by atoms with E-state index in [-0.39, 0.29) is 11.3 Å². The highest BCUT2D eigenvalue weighted by molar-refractivity contribution is 6.03. The first kappa shape index (κ1) is 16.7. The maximum absolute atomic E-state index is 12.3. The summed E-state index contributed by atoms with van der Waals surface area (Å²) in [5, 5.41) is 5.87. The molecule has 0 aliphatic carbocycles. The molecule has 0 bridgehead atoms. The Morgan fingerprint density at radius 2 is 1.91 bits per heavy atom. The second kappa shape index (κ2) is 7.05. The van der Waals surface area contributed by atoms with Gasteiger partial charge >= 0.3 is 0 Å². The number of hydrogen-bond donors (Lipinski definition) is 2. The van der Waals surface area contributed by atoms with Gasteiger partial charge in [-0.1, -0.05) is 39.0 Å². The number of anilines is 2. The van der Waals surface area contributed by atoms with Crippen LogP contribution in [0.25, 0.3) is 0 Å². The van der Waals surface area contributed by atoms with Crippen LogP contribution in [0.4, 0.5) is 11.5 Å². The first-order chi connectivity index (χ1) is 10.9. The van der Waals surface area contributed by atoms with Crippen LogP contribution in [0.3, 0.4) is 0 Å². The monoisotopic (exact) mass is 310 g/mol. The third-order valence-electron chi connectivity index (χ3n) is 3.34. The molecule has 2 aromatic rings. The molecular formula is C18H22N4O. The first-order valence-electron chi connectivity index (χ1n) is 7.49. The van der Waals surface area contributed by atoms with E-state index in [4.69, 9.17) is 0 Å². The molecule has 0 saturated heterocycles. The highest BCUT2D eigenvalue weighted by Gasteiger charge is 2.14. The minimum atomic E-state index is -0.266. The van der Waals surface area contributed by atoms with Crippen LogP contribution < -0.4 is 10.6 Å². The number of nitrogens with one attached hydrogen (secondary N) is 2. The predicted octanol–water partition coefficient (Wildman–Crippen LogP) is 3.62. The number of amides is 1. The second-order valence-corrected chi connectivity index (χ2v) is 6.24. The highest BCUT2D eigenvalue weighted by atomic mass is 16.1. The number of carbonyl (C=O) groups is 1. The lowest BCUT2D eigenvalue weighted by atomic mass is 9.87. The highest BCUT2D eigenvalue weighted by Crippen LogP contribution is 2.23. The maximum Gasteiger partial charge on any atom is 0.274 e. The molecule has 1 amide bonds. The molecule has 0 saturated carbocycles. The Balaban J connectivity index is 2.08. The number of nitrogens with zero attached hydrogens (tertiary/aromatic N) is 2. The van der Waals surface area contributed by atoms with Gasteiger partial charge in [-0.2, -0.15) is 0 Å². The summed E-state index contributed by atoms with van der Waals surface area (Å²) in [6.07, 6.45) is 3.08. The van der Waals surface area contributed by atoms with Gasteiger partial charge in [-0.3, -0.25) is 4.79 Å². The fourth-order valence-electron chi connectivity index (χ4n) is 2.00. The van der Waals surface area contributed by atoms with E-state index in [1.165, 1.54) is 11.9 Å². The van der Waals surface area contributed by atoms with Crippen LogP contribution in [-0.4, -0.2) is 22.4 Å². The Hall–Kier alpha value is -2.69. The fourth-order valence-corrected chi connectivity index (χ4v) is 2.00. The van der Waals surface area contributed by atoms with Gasteiger partial charge < -0.3 is 10.6 Å². The molecule has 2 N–H and O–H groups in total. The van der Waals surface area contributed by atoms with Crippen molar-refractivity contribution < 1.29 is 4.79 Å². The molecule has 0 atom stereocenters. The van der Waals surface area contributed by atoms with E-state index in [0.29, 0.717) is 18.1 Å². The molecule has 0 fully saturated rings. The van der Waals surface area contributed by atoms with Gasteiger partial charge in [0.15, 0.2) is 0 Å². The molecule has 0 aliphatic heterocycles. The van der Waals surface area contributed by atoms with Crippen molar-refractivity contribution >= 4 is 17.4 Å². The Kier molecular flexibility index (Phi) is 5.11. The van der Waals surface area contributed by atoms with Crippen molar-refractivity contribution in [3.05, 3.63) is 60.6 Å². The van der Waals surface area contributed by atoms with Crippen LogP contribution in [0.2, 0.25) is 0 Å². The zero-order valence-electron chi connectivity index (χ0n) is 13.8. The smallest absolute Gasteiger partial charge is 0.274 e. The van der Waals surface area contributed by atoms with Crippen LogP contribution >= 0.6 is 0 Å². The van der Waals surface area contributed by atoms with Crippen LogP contribution in [0.5, 0.6) is 0 Å². The summed E-state index contributed by atoms with van der Waals surface area (Å²) in [4.78, 5) is 20.3. The van der Waals surface area contributed by atoms with Gasteiger partial charge in [-0.25, -0.2) is 9.97 Å². The van der Waals surface area contributed by atoms with E-state index in [0.717, 1.165) is 5.69 Å². The van der Waals surface area contributed by atoms with Gasteiger partial charge in [0.05, 0.1) is 0 Å². The molecule has 1 aromatic carbocycles. The molecular weight excluding hydrogens is 288 g/mol. The Morgan fingerprint density at radius 1 is 1.22 bits per heavy atom. The third kappa shape index (κ3) is 4.64. The van der Waals surface area contributed by atoms with Crippen molar-refractivity contribution in [1.82, 2.24) is 9.97 Å². The number of benzene rings is 1. The molecule has 0 spiro atoms. The van der Waals surface area contributed by atoms with Gasteiger partial charge in [-0.05, 0) is 23.1 Å². The summed E-state index contributed by atoms with van der Waals surface area (Å²) in [6, 6.07) is 9.45. The average molecular weight is 310 g/mol. The SMILES string of the molecule is C=CCNc1cc(C(=O)Nc2ccc(C(C)(C)C)cc2)ncn1. The van der Waals surface area contributed by atoms with E-state index < -0.39 is 0 Å². The Bertz CT molecular complexity index is 687. The van der Waals surface area contributed by atoms with Crippen LogP contribution in [0.15, 0.2) is 49.3 Å². The van der Waals surface area contributed by atoms with Gasteiger partial charge in [0.1, 0.15) is 17.8 Å². The molecule has 0 radical (unpaired) electrons. The van der Waals surface area contributed by atoms with Crippen molar-refractivity contribution in [3.63, 3.8) is 0 Å². The lowest BCUT2D eigenvalue weighted by Crippen LogP contribution is -2.15. The molecule has 1 heterocycles. The van der Waals surface area contributed by atoms with Crippen molar-refractivity contribution in [1.29, 1.82) is 0 Å². The minimum Gasteiger partial charge on any atom is -0.366 e. The third-order valence-corrected chi connectivity index (χ3v) is 3.34. The molecule has 5 nitrogen and oxygen atoms in total. The summed E-state index contributed by atoms with van der Waals surface area (Å²) in [7, 11) is 0. The second-order valence-electron chi connectivity index (χ2n) is 6.24. The van der Waals surface area contributed by atoms with Crippen LogP contribution in [0.1, 0.15) is 36.8 Å². The van der Waals surface area contributed by atoms with Crippen molar-refractivity contribution in [3.8, 4) is 0 Å². The van der Waals surface area contributed by atoms with Crippen molar-refractivity contribution in [2.45, 2.75) is 26.2 Å². The van der Waals surface area contributed by atoms with E-state index in [1.807, 2.05) is 24.3 Å². The normalized spacial score (nSPS) is 10.9. The molecule has 2 rings (SSSR count). The summed E-state index contributed by atoms with van der Waals surface area (Å²) >= 11 is 0. The average Bonchev–Trinajstić information content (AvgIpc) is 2.53. The maximum atomic E-state index is 12.3. The van der Waals surface area contributed by atoms with E-state index in [9.17, 15) is 4.79 Å². The van der Waals surface area contributed by atoms with Crippen molar-refractivity contribution in [2.24, 2.45) is 0 Å². The fraction of sp³-hybridized carbons (Fsp3) is 0.278. The summed E-state index contributed by atoms with van der Waals surface area (Å²) in [5.74, 6) is 0.325. The summed E-state index contributed by atoms with van der Waals surface area (Å²) in [5.41, 5.74) is 2.35. The summed E-state index contributed by atoms with van der Waals surface area (Å²) in [6.45, 7) is 10.7. The summed E-state index contributed by atoms with van der Waals surface area (Å²) < 4.78 is 0. The molecule has 1 aromatic heterocycles. The zero-order valence-corrected chi connectivity index (χ0v) is 13.8. The first-order valence-corrected chi connectivity index (χ1v) is 7.49. The van der Waals surface area contributed by atoms with Crippen molar-refractivity contribution in [2.75, 3.05) is 17.2 Å². The van der Waals surface area contributed by atoms with Gasteiger partial charge in [0.2, 0.25) is 0 Å². The van der Waals surface area contributed by atoms with E-state index in [2.05, 4.69) is 48.0 Å². The predicted molar refractivity (Wildman–Crippen MR) is 93.8 cm³/mol. The van der Waals surface area contributed by atoms with Gasteiger partial charge in [-0.15, -0.1) is 6.58 Å². The van der Waals surface area contributed by atoms with Crippen LogP contribution in [-0.2, 0) is 5.41 Å². The Labute approximate surface area is 136 Å². The lowest BCUT2D eigenvalue weighted by Gasteiger charge is -2.19. The number of aromatic nitrogens is 2. The lowest BCUT2D eigenvalue weighted by molar-refractivity contribution is 0.102. The molecule has 23 heavy (non-hydrogen) atoms. The number of hydrogen-bond acceptors (Lipinski definition) is 4. The van der Waals surface area contributed by atoms with Crippen LogP contribution in [0, 0.1) is 0 Å². The van der Waals surface area contributed by atoms with Gasteiger partial charge in [0.25, 0.3) is 5.91 Å². The van der Waals surface area contributed by atoms with E-state index in [1.54, 1.807) is 12.1 Å². The molecule has 0 unspecified atom stereocenters. The Morgan fingerprint density at radius 3 is 2.52 bits per heavy atom. The largest absolute Gasteiger partial charge is 0.366 e. The standard InChI is InChI=1S/C18H22N4O/c1-5-10-19-16-11-15(20-12-21-16)17(23)22-14-8-6-13(7-9-14)18(2,3)4/h5-9,11-12H,1,10H2,2-4H3,(H,22,23)(H,19,20,21).